The van der Waals surface area contributed by atoms with E-state index in [-0.39, 0.29) is 0 Å². The van der Waals surface area contributed by atoms with Crippen LogP contribution in [0.3, 0.4) is 0 Å². The molecule has 16 heavy (non-hydrogen) atoms. The lowest BCUT2D eigenvalue weighted by atomic mass is 10.4. The number of nitrogens with one attached hydrogen (secondary N) is 1. The number of aryl methyl sites for hydroxylation is 1. The van der Waals surface area contributed by atoms with Crippen LogP contribution in [0.2, 0.25) is 0 Å². The Labute approximate surface area is 100 Å². The van der Waals surface area contributed by atoms with Gasteiger partial charge in [-0.2, -0.15) is 0 Å². The molecule has 2 heterocycles. The Hall–Kier alpha value is -1.13. The van der Waals surface area contributed by atoms with Crippen molar-refractivity contribution in [2.75, 3.05) is 6.54 Å². The highest BCUT2D eigenvalue weighted by molar-refractivity contribution is 7.09. The molecule has 0 atom stereocenters. The summed E-state index contributed by atoms with van der Waals surface area (Å²) in [7, 11) is 0. The van der Waals surface area contributed by atoms with Gasteiger partial charge in [-0.1, -0.05) is 6.92 Å². The van der Waals surface area contributed by atoms with E-state index in [1.807, 2.05) is 6.92 Å². The Morgan fingerprint density at radius 2 is 2.38 bits per heavy atom. The van der Waals surface area contributed by atoms with Gasteiger partial charge < -0.3 is 9.88 Å². The zero-order chi connectivity index (χ0) is 11.4. The summed E-state index contributed by atoms with van der Waals surface area (Å²) in [5.41, 5.74) is 2.46. The van der Waals surface area contributed by atoms with E-state index >= 15 is 0 Å². The highest BCUT2D eigenvalue weighted by atomic mass is 32.1. The van der Waals surface area contributed by atoms with Crippen molar-refractivity contribution in [3.8, 4) is 0 Å². The zero-order valence-corrected chi connectivity index (χ0v) is 10.5. The van der Waals surface area contributed by atoms with Gasteiger partial charge in [-0.25, -0.2) is 4.98 Å². The summed E-state index contributed by atoms with van der Waals surface area (Å²) in [6.07, 6.45) is 2.11. The summed E-state index contributed by atoms with van der Waals surface area (Å²) in [6.45, 7) is 6.96. The van der Waals surface area contributed by atoms with Crippen LogP contribution >= 0.6 is 11.3 Å². The molecule has 0 aliphatic rings. The fraction of sp³-hybridized carbons (Fsp3) is 0.417. The van der Waals surface area contributed by atoms with Gasteiger partial charge in [0.2, 0.25) is 0 Å². The molecule has 0 spiro atoms. The Kier molecular flexibility index (Phi) is 3.74. The molecule has 0 aliphatic heterocycles. The second kappa shape index (κ2) is 5.27. The molecule has 2 rings (SSSR count). The van der Waals surface area contributed by atoms with Crippen molar-refractivity contribution in [2.24, 2.45) is 0 Å². The molecule has 0 aliphatic carbocycles. The first-order chi connectivity index (χ1) is 7.79. The average Bonchev–Trinajstić information content (AvgIpc) is 2.86. The predicted molar refractivity (Wildman–Crippen MR) is 67.8 cm³/mol. The van der Waals surface area contributed by atoms with Crippen molar-refractivity contribution >= 4 is 11.3 Å². The zero-order valence-electron chi connectivity index (χ0n) is 9.73. The Balaban J connectivity index is 2.06. The topological polar surface area (TPSA) is 29.9 Å². The Morgan fingerprint density at radius 1 is 1.50 bits per heavy atom. The molecule has 86 valence electrons. The van der Waals surface area contributed by atoms with E-state index in [1.54, 1.807) is 11.3 Å². The summed E-state index contributed by atoms with van der Waals surface area (Å²) >= 11 is 1.71. The van der Waals surface area contributed by atoms with Crippen molar-refractivity contribution in [3.05, 3.63) is 40.1 Å². The van der Waals surface area contributed by atoms with Gasteiger partial charge >= 0.3 is 0 Å². The van der Waals surface area contributed by atoms with E-state index < -0.39 is 0 Å². The van der Waals surface area contributed by atoms with Gasteiger partial charge in [0.15, 0.2) is 0 Å². The summed E-state index contributed by atoms with van der Waals surface area (Å²) in [6, 6.07) is 4.24. The van der Waals surface area contributed by atoms with Gasteiger partial charge in [0.25, 0.3) is 0 Å². The molecule has 0 aromatic carbocycles. The minimum atomic E-state index is 0.873. The highest BCUT2D eigenvalue weighted by Gasteiger charge is 2.03. The maximum atomic E-state index is 4.48. The van der Waals surface area contributed by atoms with Crippen LogP contribution in [-0.4, -0.2) is 16.1 Å². The van der Waals surface area contributed by atoms with Gasteiger partial charge in [-0.3, -0.25) is 0 Å². The summed E-state index contributed by atoms with van der Waals surface area (Å²) in [4.78, 5) is 4.48. The van der Waals surface area contributed by atoms with Crippen LogP contribution in [0.15, 0.2) is 23.7 Å². The standard InChI is InChI=1S/C12H17N3S/c1-3-13-7-12-5-4-6-15(12)8-11-9-16-10(2)14-11/h4-6,9,13H,3,7-8H2,1-2H3. The highest BCUT2D eigenvalue weighted by Crippen LogP contribution is 2.11. The fourth-order valence-corrected chi connectivity index (χ4v) is 2.28. The average molecular weight is 235 g/mol. The Morgan fingerprint density at radius 3 is 3.06 bits per heavy atom. The Bertz CT molecular complexity index is 445. The van der Waals surface area contributed by atoms with Crippen LogP contribution in [0.4, 0.5) is 0 Å². The SMILES string of the molecule is CCNCc1cccn1Cc1csc(C)n1. The van der Waals surface area contributed by atoms with E-state index in [9.17, 15) is 0 Å². The molecule has 4 heteroatoms. The maximum absolute atomic E-state index is 4.48. The maximum Gasteiger partial charge on any atom is 0.0898 e. The van der Waals surface area contributed by atoms with E-state index in [4.69, 9.17) is 0 Å². The normalized spacial score (nSPS) is 10.9. The molecular formula is C12H17N3S. The van der Waals surface area contributed by atoms with Crippen LogP contribution in [0.1, 0.15) is 23.3 Å². The smallest absolute Gasteiger partial charge is 0.0898 e. The minimum absolute atomic E-state index is 0.873. The van der Waals surface area contributed by atoms with Crippen molar-refractivity contribution in [2.45, 2.75) is 26.9 Å². The van der Waals surface area contributed by atoms with Crippen molar-refractivity contribution < 1.29 is 0 Å². The summed E-state index contributed by atoms with van der Waals surface area (Å²) in [5, 5.41) is 6.61. The predicted octanol–water partition coefficient (Wildman–Crippen LogP) is 2.41. The van der Waals surface area contributed by atoms with Crippen molar-refractivity contribution in [1.82, 2.24) is 14.9 Å². The first kappa shape index (κ1) is 11.4. The molecule has 0 unspecified atom stereocenters. The molecule has 2 aromatic rings. The molecule has 0 saturated heterocycles. The van der Waals surface area contributed by atoms with Gasteiger partial charge in [0, 0.05) is 23.8 Å². The summed E-state index contributed by atoms with van der Waals surface area (Å²) < 4.78 is 2.25. The minimum Gasteiger partial charge on any atom is -0.344 e. The number of hydrogen-bond acceptors (Lipinski definition) is 3. The van der Waals surface area contributed by atoms with Gasteiger partial charge in [-0.15, -0.1) is 11.3 Å². The van der Waals surface area contributed by atoms with Crippen LogP contribution in [-0.2, 0) is 13.1 Å². The number of hydrogen-bond donors (Lipinski definition) is 1. The lowest BCUT2D eigenvalue weighted by Gasteiger charge is -2.07. The molecule has 1 N–H and O–H groups in total. The number of nitrogens with zero attached hydrogens (tertiary/aromatic N) is 2. The number of thiazole rings is 1. The van der Waals surface area contributed by atoms with E-state index in [0.717, 1.165) is 30.3 Å². The summed E-state index contributed by atoms with van der Waals surface area (Å²) in [5.74, 6) is 0. The fourth-order valence-electron chi connectivity index (χ4n) is 1.67. The second-order valence-electron chi connectivity index (χ2n) is 3.77. The number of rotatable bonds is 5. The molecule has 0 bridgehead atoms. The van der Waals surface area contributed by atoms with Crippen LogP contribution in [0.5, 0.6) is 0 Å². The molecule has 0 fully saturated rings. The molecule has 0 amide bonds. The van der Waals surface area contributed by atoms with Gasteiger partial charge in [-0.05, 0) is 25.6 Å². The third-order valence-electron chi connectivity index (χ3n) is 2.48. The van der Waals surface area contributed by atoms with Crippen LogP contribution in [0, 0.1) is 6.92 Å². The third-order valence-corrected chi connectivity index (χ3v) is 3.30. The van der Waals surface area contributed by atoms with E-state index in [1.165, 1.54) is 5.69 Å². The third kappa shape index (κ3) is 2.71. The van der Waals surface area contributed by atoms with Crippen molar-refractivity contribution in [1.29, 1.82) is 0 Å². The molecule has 0 saturated carbocycles. The second-order valence-corrected chi connectivity index (χ2v) is 4.83. The molecule has 3 nitrogen and oxygen atoms in total. The lowest BCUT2D eigenvalue weighted by Crippen LogP contribution is -2.15. The quantitative estimate of drug-likeness (QED) is 0.862. The monoisotopic (exact) mass is 235 g/mol. The lowest BCUT2D eigenvalue weighted by molar-refractivity contribution is 0.653. The van der Waals surface area contributed by atoms with E-state index in [0.29, 0.717) is 0 Å². The van der Waals surface area contributed by atoms with Crippen molar-refractivity contribution in [3.63, 3.8) is 0 Å². The van der Waals surface area contributed by atoms with Gasteiger partial charge in [0.1, 0.15) is 0 Å². The first-order valence-electron chi connectivity index (χ1n) is 5.55. The molecule has 2 aromatic heterocycles. The molecular weight excluding hydrogens is 218 g/mol. The van der Waals surface area contributed by atoms with E-state index in [2.05, 4.69) is 45.5 Å². The first-order valence-corrected chi connectivity index (χ1v) is 6.43. The van der Waals surface area contributed by atoms with Crippen LogP contribution in [0.25, 0.3) is 0 Å². The van der Waals surface area contributed by atoms with Gasteiger partial charge in [0.05, 0.1) is 17.2 Å². The molecule has 0 radical (unpaired) electrons. The number of aromatic nitrogens is 2. The largest absolute Gasteiger partial charge is 0.344 e. The van der Waals surface area contributed by atoms with Crippen LogP contribution < -0.4 is 5.32 Å².